The van der Waals surface area contributed by atoms with Gasteiger partial charge in [0.25, 0.3) is 0 Å². The average molecular weight is 406 g/mol. The zero-order valence-corrected chi connectivity index (χ0v) is 16.5. The van der Waals surface area contributed by atoms with Crippen LogP contribution in [0.5, 0.6) is 0 Å². The highest BCUT2D eigenvalue weighted by atomic mass is 35.5. The number of hydrogen-bond acceptors (Lipinski definition) is 4. The van der Waals surface area contributed by atoms with Gasteiger partial charge in [0, 0.05) is 11.4 Å². The lowest BCUT2D eigenvalue weighted by molar-refractivity contribution is -0.115. The van der Waals surface area contributed by atoms with Crippen LogP contribution < -0.4 is 5.32 Å². The highest BCUT2D eigenvalue weighted by molar-refractivity contribution is 8.00. The molecule has 0 saturated carbocycles. The van der Waals surface area contributed by atoms with Crippen LogP contribution in [-0.4, -0.2) is 16.1 Å². The molecule has 0 fully saturated rings. The number of carbonyl (C=O) groups excluding carboxylic acids is 1. The molecular formula is C19H17Cl2N3OS. The van der Waals surface area contributed by atoms with Crippen LogP contribution in [-0.2, 0) is 17.6 Å². The summed E-state index contributed by atoms with van der Waals surface area (Å²) in [6, 6.07) is 9.09. The van der Waals surface area contributed by atoms with Crippen molar-refractivity contribution in [1.82, 2.24) is 4.98 Å². The lowest BCUT2D eigenvalue weighted by Crippen LogP contribution is -2.24. The number of pyridine rings is 1. The maximum Gasteiger partial charge on any atom is 0.237 e. The van der Waals surface area contributed by atoms with E-state index in [1.807, 2.05) is 13.0 Å². The van der Waals surface area contributed by atoms with Gasteiger partial charge in [0.2, 0.25) is 5.91 Å². The van der Waals surface area contributed by atoms with E-state index >= 15 is 0 Å². The first-order valence-corrected chi connectivity index (χ1v) is 10.0. The van der Waals surface area contributed by atoms with Gasteiger partial charge in [-0.05, 0) is 55.5 Å². The minimum atomic E-state index is -0.358. The summed E-state index contributed by atoms with van der Waals surface area (Å²) in [5.41, 5.74) is 3.33. The summed E-state index contributed by atoms with van der Waals surface area (Å²) in [6.45, 7) is 1.94. The Bertz CT molecular complexity index is 895. The number of amides is 1. The second-order valence-electron chi connectivity index (χ2n) is 6.05. The summed E-state index contributed by atoms with van der Waals surface area (Å²) in [5, 5.41) is 13.4. The predicted octanol–water partition coefficient (Wildman–Crippen LogP) is 5.26. The van der Waals surface area contributed by atoms with Gasteiger partial charge in [0.15, 0.2) is 0 Å². The van der Waals surface area contributed by atoms with Gasteiger partial charge in [-0.2, -0.15) is 5.26 Å². The van der Waals surface area contributed by atoms with Crippen molar-refractivity contribution in [2.45, 2.75) is 42.9 Å². The summed E-state index contributed by atoms with van der Waals surface area (Å²) in [6.07, 6.45) is 3.58. The molecular weight excluding hydrogens is 389 g/mol. The lowest BCUT2D eigenvalue weighted by Gasteiger charge is -2.16. The molecule has 134 valence electrons. The van der Waals surface area contributed by atoms with Crippen LogP contribution in [0, 0.1) is 11.3 Å². The first-order valence-electron chi connectivity index (χ1n) is 8.37. The highest BCUT2D eigenvalue weighted by Crippen LogP contribution is 2.32. The van der Waals surface area contributed by atoms with Crippen LogP contribution in [0.2, 0.25) is 10.0 Å². The number of rotatable bonds is 5. The Morgan fingerprint density at radius 2 is 2.15 bits per heavy atom. The predicted molar refractivity (Wildman–Crippen MR) is 106 cm³/mol. The Morgan fingerprint density at radius 3 is 2.85 bits per heavy atom. The van der Waals surface area contributed by atoms with Crippen molar-refractivity contribution in [3.05, 3.63) is 51.1 Å². The normalized spacial score (nSPS) is 13.8. The maximum absolute atomic E-state index is 12.7. The Kier molecular flexibility index (Phi) is 6.08. The van der Waals surface area contributed by atoms with E-state index in [1.165, 1.54) is 11.8 Å². The Balaban J connectivity index is 1.78. The second-order valence-corrected chi connectivity index (χ2v) is 8.05. The summed E-state index contributed by atoms with van der Waals surface area (Å²) in [4.78, 5) is 17.3. The minimum absolute atomic E-state index is 0.151. The molecule has 0 bridgehead atoms. The molecule has 0 aliphatic heterocycles. The fraction of sp³-hybridized carbons (Fsp3) is 0.316. The molecule has 7 heteroatoms. The maximum atomic E-state index is 12.7. The van der Waals surface area contributed by atoms with E-state index in [2.05, 4.69) is 16.4 Å². The smallest absolute Gasteiger partial charge is 0.237 e. The van der Waals surface area contributed by atoms with Crippen LogP contribution in [0.4, 0.5) is 5.69 Å². The molecule has 1 aliphatic rings. The highest BCUT2D eigenvalue weighted by Gasteiger charge is 2.23. The molecule has 1 aromatic carbocycles. The van der Waals surface area contributed by atoms with Crippen molar-refractivity contribution < 1.29 is 4.79 Å². The minimum Gasteiger partial charge on any atom is -0.325 e. The second kappa shape index (κ2) is 8.30. The zero-order chi connectivity index (χ0) is 18.7. The molecule has 1 heterocycles. The van der Waals surface area contributed by atoms with E-state index in [-0.39, 0.29) is 11.2 Å². The fourth-order valence-corrected chi connectivity index (χ4v) is 4.17. The average Bonchev–Trinajstić information content (AvgIpc) is 3.09. The first-order chi connectivity index (χ1) is 12.5. The number of nitrogens with zero attached hydrogens (tertiary/aromatic N) is 2. The number of fused-ring (bicyclic) bond motifs is 1. The molecule has 26 heavy (non-hydrogen) atoms. The van der Waals surface area contributed by atoms with E-state index in [4.69, 9.17) is 23.2 Å². The number of anilines is 1. The molecule has 1 aliphatic carbocycles. The quantitative estimate of drug-likeness (QED) is 0.688. The fourth-order valence-electron chi connectivity index (χ4n) is 2.88. The van der Waals surface area contributed by atoms with Crippen LogP contribution in [0.1, 0.15) is 36.6 Å². The van der Waals surface area contributed by atoms with Gasteiger partial charge >= 0.3 is 0 Å². The van der Waals surface area contributed by atoms with Gasteiger partial charge in [-0.25, -0.2) is 4.98 Å². The van der Waals surface area contributed by atoms with Crippen LogP contribution in [0.15, 0.2) is 29.3 Å². The van der Waals surface area contributed by atoms with Crippen LogP contribution in [0.25, 0.3) is 0 Å². The molecule has 1 aromatic heterocycles. The summed E-state index contributed by atoms with van der Waals surface area (Å²) in [7, 11) is 0. The van der Waals surface area contributed by atoms with Crippen LogP contribution in [0.3, 0.4) is 0 Å². The van der Waals surface area contributed by atoms with Crippen molar-refractivity contribution in [3.63, 3.8) is 0 Å². The van der Waals surface area contributed by atoms with Gasteiger partial charge < -0.3 is 5.32 Å². The number of nitriles is 1. The van der Waals surface area contributed by atoms with Gasteiger partial charge in [0.1, 0.15) is 11.1 Å². The largest absolute Gasteiger partial charge is 0.325 e. The van der Waals surface area contributed by atoms with E-state index in [0.29, 0.717) is 32.7 Å². The molecule has 0 radical (unpaired) electrons. The van der Waals surface area contributed by atoms with Gasteiger partial charge in [-0.3, -0.25) is 4.79 Å². The molecule has 1 atom stereocenters. The van der Waals surface area contributed by atoms with Crippen molar-refractivity contribution in [2.24, 2.45) is 0 Å². The molecule has 3 rings (SSSR count). The lowest BCUT2D eigenvalue weighted by atomic mass is 10.2. The number of nitrogens with one attached hydrogen (secondary N) is 1. The topological polar surface area (TPSA) is 65.8 Å². The van der Waals surface area contributed by atoms with E-state index in [1.54, 1.807) is 18.2 Å². The van der Waals surface area contributed by atoms with Crippen LogP contribution >= 0.6 is 35.0 Å². The molecule has 1 unspecified atom stereocenters. The Hall–Kier alpha value is -1.74. The van der Waals surface area contributed by atoms with E-state index in [0.717, 1.165) is 30.5 Å². The standard InChI is InChI=1S/C19H17Cl2N3OS/c1-2-17(18(25)23-13-6-7-14(20)15(21)9-13)26-19-12(10-22)8-11-4-3-5-16(11)24-19/h6-9,17H,2-5H2,1H3,(H,23,25). The summed E-state index contributed by atoms with van der Waals surface area (Å²) >= 11 is 13.2. The number of aromatic nitrogens is 1. The summed E-state index contributed by atoms with van der Waals surface area (Å²) in [5.74, 6) is -0.151. The third-order valence-corrected chi connectivity index (χ3v) is 6.35. The van der Waals surface area contributed by atoms with Gasteiger partial charge in [-0.15, -0.1) is 0 Å². The van der Waals surface area contributed by atoms with Crippen molar-refractivity contribution in [2.75, 3.05) is 5.32 Å². The molecule has 1 N–H and O–H groups in total. The third kappa shape index (κ3) is 4.15. The zero-order valence-electron chi connectivity index (χ0n) is 14.2. The van der Waals surface area contributed by atoms with Gasteiger partial charge in [0.05, 0.1) is 20.9 Å². The molecule has 4 nitrogen and oxygen atoms in total. The number of aryl methyl sites for hydroxylation is 2. The van der Waals surface area contributed by atoms with Crippen molar-refractivity contribution >= 4 is 46.6 Å². The molecule has 0 saturated heterocycles. The number of hydrogen-bond donors (Lipinski definition) is 1. The number of thioether (sulfide) groups is 1. The number of carbonyl (C=O) groups is 1. The molecule has 0 spiro atoms. The van der Waals surface area contributed by atoms with Crippen molar-refractivity contribution in [1.29, 1.82) is 5.26 Å². The van der Waals surface area contributed by atoms with Crippen molar-refractivity contribution in [3.8, 4) is 6.07 Å². The third-order valence-electron chi connectivity index (χ3n) is 4.24. The SMILES string of the molecule is CCC(Sc1nc2c(cc1C#N)CCC2)C(=O)Nc1ccc(Cl)c(Cl)c1. The molecule has 2 aromatic rings. The Labute approximate surface area is 166 Å². The number of benzene rings is 1. The number of halogens is 2. The van der Waals surface area contributed by atoms with Gasteiger partial charge in [-0.1, -0.05) is 41.9 Å². The molecule has 1 amide bonds. The Morgan fingerprint density at radius 1 is 1.35 bits per heavy atom. The van der Waals surface area contributed by atoms with E-state index < -0.39 is 0 Å². The summed E-state index contributed by atoms with van der Waals surface area (Å²) < 4.78 is 0. The monoisotopic (exact) mass is 405 g/mol. The first kappa shape index (κ1) is 19.0. The van der Waals surface area contributed by atoms with E-state index in [9.17, 15) is 10.1 Å².